The van der Waals surface area contributed by atoms with Crippen molar-refractivity contribution in [3.05, 3.63) is 24.0 Å². The first-order valence-corrected chi connectivity index (χ1v) is 6.67. The summed E-state index contributed by atoms with van der Waals surface area (Å²) in [5, 5.41) is 18.7. The van der Waals surface area contributed by atoms with Crippen LogP contribution < -0.4 is 5.73 Å². The highest BCUT2D eigenvalue weighted by Crippen LogP contribution is 2.23. The van der Waals surface area contributed by atoms with Crippen LogP contribution in [-0.4, -0.2) is 48.2 Å². The van der Waals surface area contributed by atoms with Gasteiger partial charge in [-0.1, -0.05) is 0 Å². The maximum Gasteiger partial charge on any atom is 0.243 e. The highest BCUT2D eigenvalue weighted by atomic mass is 32.2. The zero-order valence-corrected chi connectivity index (χ0v) is 10.1. The van der Waals surface area contributed by atoms with E-state index in [1.54, 1.807) is 0 Å². The minimum atomic E-state index is -3.93. The third kappa shape index (κ3) is 2.19. The van der Waals surface area contributed by atoms with Crippen molar-refractivity contribution in [2.75, 3.05) is 18.8 Å². The van der Waals surface area contributed by atoms with Gasteiger partial charge in [0.15, 0.2) is 0 Å². The van der Waals surface area contributed by atoms with Crippen molar-refractivity contribution in [3.8, 4) is 0 Å². The standard InChI is InChI=1S/C10H13FN2O4S/c11-7-3-6(1-2-8(7)12)18(16,17)13-4-9(14)10(15)5-13/h1-3,9-10,14-15H,4-5,12H2/t9-,10+. The Morgan fingerprint density at radius 3 is 2.33 bits per heavy atom. The summed E-state index contributed by atoms with van der Waals surface area (Å²) in [6, 6.07) is 3.16. The lowest BCUT2D eigenvalue weighted by Crippen LogP contribution is -2.30. The van der Waals surface area contributed by atoms with Crippen molar-refractivity contribution in [2.45, 2.75) is 17.1 Å². The van der Waals surface area contributed by atoms with E-state index in [2.05, 4.69) is 0 Å². The molecule has 100 valence electrons. The molecule has 0 spiro atoms. The monoisotopic (exact) mass is 276 g/mol. The van der Waals surface area contributed by atoms with E-state index in [9.17, 15) is 23.0 Å². The van der Waals surface area contributed by atoms with E-state index in [-0.39, 0.29) is 23.7 Å². The smallest absolute Gasteiger partial charge is 0.243 e. The minimum Gasteiger partial charge on any atom is -0.396 e. The van der Waals surface area contributed by atoms with Gasteiger partial charge in [-0.25, -0.2) is 12.8 Å². The van der Waals surface area contributed by atoms with E-state index in [0.29, 0.717) is 0 Å². The largest absolute Gasteiger partial charge is 0.396 e. The van der Waals surface area contributed by atoms with Crippen LogP contribution in [0.1, 0.15) is 0 Å². The topological polar surface area (TPSA) is 104 Å². The Kier molecular flexibility index (Phi) is 3.28. The summed E-state index contributed by atoms with van der Waals surface area (Å²) in [6.45, 7) is -0.426. The minimum absolute atomic E-state index is 0.143. The van der Waals surface area contributed by atoms with Gasteiger partial charge in [0.1, 0.15) is 5.82 Å². The Hall–Kier alpha value is -1.22. The number of aliphatic hydroxyl groups excluding tert-OH is 2. The summed E-state index contributed by atoms with van der Waals surface area (Å²) in [6.07, 6.45) is -2.25. The third-order valence-electron chi connectivity index (χ3n) is 2.84. The molecule has 1 saturated heterocycles. The van der Waals surface area contributed by atoms with E-state index in [0.717, 1.165) is 16.4 Å². The fourth-order valence-electron chi connectivity index (χ4n) is 1.75. The normalized spacial score (nSPS) is 25.5. The van der Waals surface area contributed by atoms with Gasteiger partial charge in [-0.05, 0) is 18.2 Å². The number of sulfonamides is 1. The van der Waals surface area contributed by atoms with E-state index in [1.807, 2.05) is 0 Å². The van der Waals surface area contributed by atoms with Crippen molar-refractivity contribution in [1.82, 2.24) is 4.31 Å². The van der Waals surface area contributed by atoms with Crippen LogP contribution >= 0.6 is 0 Å². The molecule has 2 atom stereocenters. The summed E-state index contributed by atoms with van der Waals surface area (Å²) < 4.78 is 38.3. The first-order valence-electron chi connectivity index (χ1n) is 5.23. The lowest BCUT2D eigenvalue weighted by molar-refractivity contribution is 0.0572. The summed E-state index contributed by atoms with van der Waals surface area (Å²) in [5.41, 5.74) is 5.12. The molecule has 1 heterocycles. The van der Waals surface area contributed by atoms with Crippen LogP contribution in [-0.2, 0) is 10.0 Å². The van der Waals surface area contributed by atoms with Crippen LogP contribution in [0.25, 0.3) is 0 Å². The fourth-order valence-corrected chi connectivity index (χ4v) is 3.24. The maximum absolute atomic E-state index is 13.2. The molecule has 0 amide bonds. The second-order valence-electron chi connectivity index (χ2n) is 4.14. The molecule has 0 saturated carbocycles. The molecule has 2 rings (SSSR count). The lowest BCUT2D eigenvalue weighted by atomic mass is 10.3. The Morgan fingerprint density at radius 2 is 1.83 bits per heavy atom. The molecule has 8 heteroatoms. The molecule has 1 aromatic carbocycles. The molecule has 18 heavy (non-hydrogen) atoms. The molecule has 6 nitrogen and oxygen atoms in total. The summed E-state index contributed by atoms with van der Waals surface area (Å²) in [5.74, 6) is -0.823. The molecule has 1 aromatic rings. The van der Waals surface area contributed by atoms with Crippen LogP contribution in [0.3, 0.4) is 0 Å². The number of aliphatic hydroxyl groups is 2. The molecule has 4 N–H and O–H groups in total. The zero-order valence-electron chi connectivity index (χ0n) is 9.32. The molecule has 0 bridgehead atoms. The zero-order chi connectivity index (χ0) is 13.5. The van der Waals surface area contributed by atoms with Gasteiger partial charge in [-0.3, -0.25) is 0 Å². The number of nitrogen functional groups attached to an aromatic ring is 1. The van der Waals surface area contributed by atoms with Crippen molar-refractivity contribution in [2.24, 2.45) is 0 Å². The lowest BCUT2D eigenvalue weighted by Gasteiger charge is -2.15. The van der Waals surface area contributed by atoms with Gasteiger partial charge in [0.25, 0.3) is 0 Å². The van der Waals surface area contributed by atoms with Crippen LogP contribution in [0.4, 0.5) is 10.1 Å². The molecule has 0 unspecified atom stereocenters. The predicted molar refractivity (Wildman–Crippen MR) is 61.6 cm³/mol. The first kappa shape index (κ1) is 13.2. The number of hydrogen-bond donors (Lipinski definition) is 3. The van der Waals surface area contributed by atoms with Crippen LogP contribution in [0.5, 0.6) is 0 Å². The van der Waals surface area contributed by atoms with Gasteiger partial charge >= 0.3 is 0 Å². The number of halogens is 1. The number of rotatable bonds is 2. The van der Waals surface area contributed by atoms with Crippen LogP contribution in [0.15, 0.2) is 23.1 Å². The number of nitrogens with zero attached hydrogens (tertiary/aromatic N) is 1. The average Bonchev–Trinajstić information content (AvgIpc) is 2.64. The first-order chi connectivity index (χ1) is 8.32. The van der Waals surface area contributed by atoms with Crippen molar-refractivity contribution < 1.29 is 23.0 Å². The molecule has 0 radical (unpaired) electrons. The highest BCUT2D eigenvalue weighted by Gasteiger charge is 2.37. The van der Waals surface area contributed by atoms with Gasteiger partial charge in [0, 0.05) is 13.1 Å². The number of hydrogen-bond acceptors (Lipinski definition) is 5. The van der Waals surface area contributed by atoms with Gasteiger partial charge in [-0.2, -0.15) is 4.31 Å². The Balaban J connectivity index is 2.34. The van der Waals surface area contributed by atoms with Gasteiger partial charge in [-0.15, -0.1) is 0 Å². The number of β-amino-alcohol motifs (C(OH)–C–C–N with tert-alkyl or cyclic N) is 2. The molecule has 1 aliphatic heterocycles. The number of nitrogens with two attached hydrogens (primary N) is 1. The summed E-state index contributed by atoms with van der Waals surface area (Å²) >= 11 is 0. The Morgan fingerprint density at radius 1 is 1.28 bits per heavy atom. The predicted octanol–water partition coefficient (Wildman–Crippen LogP) is -0.866. The third-order valence-corrected chi connectivity index (χ3v) is 4.66. The van der Waals surface area contributed by atoms with E-state index < -0.39 is 28.0 Å². The quantitative estimate of drug-likeness (QED) is 0.609. The average molecular weight is 276 g/mol. The second kappa shape index (κ2) is 4.47. The molecular formula is C10H13FN2O4S. The fraction of sp³-hybridized carbons (Fsp3) is 0.400. The molecule has 1 aliphatic rings. The molecule has 1 fully saturated rings. The van der Waals surface area contributed by atoms with Gasteiger partial charge in [0.05, 0.1) is 22.8 Å². The van der Waals surface area contributed by atoms with E-state index >= 15 is 0 Å². The molecule has 0 aliphatic carbocycles. The van der Waals surface area contributed by atoms with E-state index in [4.69, 9.17) is 5.73 Å². The van der Waals surface area contributed by atoms with Crippen molar-refractivity contribution in [3.63, 3.8) is 0 Å². The second-order valence-corrected chi connectivity index (χ2v) is 6.08. The SMILES string of the molecule is Nc1ccc(S(=O)(=O)N2C[C@@H](O)[C@@H](O)C2)cc1F. The van der Waals surface area contributed by atoms with Crippen LogP contribution in [0.2, 0.25) is 0 Å². The molecular weight excluding hydrogens is 263 g/mol. The maximum atomic E-state index is 13.2. The van der Waals surface area contributed by atoms with Gasteiger partial charge in [0.2, 0.25) is 10.0 Å². The Labute approximate surface area is 103 Å². The molecule has 0 aromatic heterocycles. The summed E-state index contributed by atoms with van der Waals surface area (Å²) in [7, 11) is -3.93. The van der Waals surface area contributed by atoms with Crippen molar-refractivity contribution in [1.29, 1.82) is 0 Å². The Bertz CT molecular complexity index is 553. The summed E-state index contributed by atoms with van der Waals surface area (Å²) in [4.78, 5) is -0.254. The van der Waals surface area contributed by atoms with Crippen molar-refractivity contribution >= 4 is 15.7 Å². The highest BCUT2D eigenvalue weighted by molar-refractivity contribution is 7.89. The van der Waals surface area contributed by atoms with Crippen LogP contribution in [0, 0.1) is 5.82 Å². The van der Waals surface area contributed by atoms with E-state index in [1.165, 1.54) is 6.07 Å². The van der Waals surface area contributed by atoms with Gasteiger partial charge < -0.3 is 15.9 Å². The number of benzene rings is 1. The number of anilines is 1.